The van der Waals surface area contributed by atoms with Crippen molar-refractivity contribution in [3.8, 4) is 0 Å². The van der Waals surface area contributed by atoms with Crippen molar-refractivity contribution in [3.63, 3.8) is 0 Å². The Morgan fingerprint density at radius 3 is 2.43 bits per heavy atom. The van der Waals surface area contributed by atoms with E-state index < -0.39 is 0 Å². The highest BCUT2D eigenvalue weighted by molar-refractivity contribution is 7.99. The first-order valence-electron chi connectivity index (χ1n) is 7.21. The number of carbonyl (C=O) groups excluding carboxylic acids is 1. The first-order valence-corrected chi connectivity index (χ1v) is 8.19. The van der Waals surface area contributed by atoms with Crippen LogP contribution in [0.4, 0.5) is 0 Å². The van der Waals surface area contributed by atoms with Gasteiger partial charge in [-0.3, -0.25) is 4.79 Å². The molecule has 0 saturated heterocycles. The van der Waals surface area contributed by atoms with Gasteiger partial charge in [0.25, 0.3) is 5.91 Å². The molecule has 2 aromatic heterocycles. The van der Waals surface area contributed by atoms with E-state index >= 15 is 0 Å². The van der Waals surface area contributed by atoms with Crippen LogP contribution in [-0.2, 0) is 4.79 Å². The molecule has 0 unspecified atom stereocenters. The smallest absolute Gasteiger partial charge is 0.250 e. The SMILES string of the molecule is C/C(=N\NC(=O)CSc1nc(C)cc(C)n1)c1cc(C)oc1C. The third-order valence-corrected chi connectivity index (χ3v) is 3.92. The summed E-state index contributed by atoms with van der Waals surface area (Å²) in [5.74, 6) is 1.62. The van der Waals surface area contributed by atoms with Crippen LogP contribution in [-0.4, -0.2) is 27.3 Å². The maximum Gasteiger partial charge on any atom is 0.250 e. The zero-order chi connectivity index (χ0) is 17.0. The Bertz CT molecular complexity index is 732. The van der Waals surface area contributed by atoms with Gasteiger partial charge in [-0.25, -0.2) is 15.4 Å². The summed E-state index contributed by atoms with van der Waals surface area (Å²) in [5, 5.41) is 4.72. The fourth-order valence-corrected chi connectivity index (χ4v) is 2.86. The molecule has 0 bridgehead atoms. The Kier molecular flexibility index (Phi) is 5.54. The Morgan fingerprint density at radius 1 is 1.22 bits per heavy atom. The maximum absolute atomic E-state index is 11.9. The van der Waals surface area contributed by atoms with Gasteiger partial charge in [-0.2, -0.15) is 5.10 Å². The van der Waals surface area contributed by atoms with Crippen molar-refractivity contribution in [2.24, 2.45) is 5.10 Å². The highest BCUT2D eigenvalue weighted by atomic mass is 32.2. The number of carbonyl (C=O) groups is 1. The first-order chi connectivity index (χ1) is 10.8. The van der Waals surface area contributed by atoms with Crippen LogP contribution >= 0.6 is 11.8 Å². The highest BCUT2D eigenvalue weighted by Crippen LogP contribution is 2.15. The lowest BCUT2D eigenvalue weighted by atomic mass is 10.2. The predicted octanol–water partition coefficient (Wildman–Crippen LogP) is 2.94. The van der Waals surface area contributed by atoms with E-state index in [0.29, 0.717) is 10.9 Å². The maximum atomic E-state index is 11.9. The monoisotopic (exact) mass is 332 g/mol. The van der Waals surface area contributed by atoms with Crippen molar-refractivity contribution in [2.45, 2.75) is 39.8 Å². The average Bonchev–Trinajstić information content (AvgIpc) is 2.80. The molecule has 0 aromatic carbocycles. The lowest BCUT2D eigenvalue weighted by Crippen LogP contribution is -2.21. The van der Waals surface area contributed by atoms with Crippen LogP contribution < -0.4 is 5.43 Å². The van der Waals surface area contributed by atoms with Crippen LogP contribution in [0.1, 0.15) is 35.4 Å². The molecule has 122 valence electrons. The van der Waals surface area contributed by atoms with Crippen LogP contribution in [0.3, 0.4) is 0 Å². The Labute approximate surface area is 139 Å². The van der Waals surface area contributed by atoms with E-state index in [9.17, 15) is 4.79 Å². The molecule has 0 radical (unpaired) electrons. The summed E-state index contributed by atoms with van der Waals surface area (Å²) in [7, 11) is 0. The van der Waals surface area contributed by atoms with Gasteiger partial charge in [0.15, 0.2) is 5.16 Å². The summed E-state index contributed by atoms with van der Waals surface area (Å²) in [6, 6.07) is 3.80. The number of furan rings is 1. The van der Waals surface area contributed by atoms with Gasteiger partial charge >= 0.3 is 0 Å². The molecule has 6 nitrogen and oxygen atoms in total. The highest BCUT2D eigenvalue weighted by Gasteiger charge is 2.09. The molecule has 0 aliphatic rings. The molecule has 0 atom stereocenters. The van der Waals surface area contributed by atoms with Crippen molar-refractivity contribution in [2.75, 3.05) is 5.75 Å². The van der Waals surface area contributed by atoms with Crippen molar-refractivity contribution in [3.05, 3.63) is 40.6 Å². The number of hydrazone groups is 1. The van der Waals surface area contributed by atoms with E-state index in [1.165, 1.54) is 11.8 Å². The first kappa shape index (κ1) is 17.2. The lowest BCUT2D eigenvalue weighted by Gasteiger charge is -2.03. The molecule has 2 aromatic rings. The minimum atomic E-state index is -0.199. The quantitative estimate of drug-likeness (QED) is 0.394. The second kappa shape index (κ2) is 7.41. The van der Waals surface area contributed by atoms with Gasteiger partial charge in [0.2, 0.25) is 0 Å². The third kappa shape index (κ3) is 4.92. The number of amides is 1. The van der Waals surface area contributed by atoms with Gasteiger partial charge < -0.3 is 4.42 Å². The lowest BCUT2D eigenvalue weighted by molar-refractivity contribution is -0.118. The molecule has 23 heavy (non-hydrogen) atoms. The molecular weight excluding hydrogens is 312 g/mol. The van der Waals surface area contributed by atoms with Crippen LogP contribution in [0.25, 0.3) is 0 Å². The van der Waals surface area contributed by atoms with Gasteiger partial charge in [0.05, 0.1) is 11.5 Å². The van der Waals surface area contributed by atoms with Gasteiger partial charge in [-0.1, -0.05) is 11.8 Å². The summed E-state index contributed by atoms with van der Waals surface area (Å²) in [4.78, 5) is 20.5. The molecule has 2 rings (SSSR count). The molecule has 0 aliphatic heterocycles. The summed E-state index contributed by atoms with van der Waals surface area (Å²) in [6.07, 6.45) is 0. The average molecular weight is 332 g/mol. The summed E-state index contributed by atoms with van der Waals surface area (Å²) < 4.78 is 5.46. The number of rotatable bonds is 5. The summed E-state index contributed by atoms with van der Waals surface area (Å²) in [6.45, 7) is 9.39. The van der Waals surface area contributed by atoms with Crippen molar-refractivity contribution in [1.29, 1.82) is 0 Å². The summed E-state index contributed by atoms with van der Waals surface area (Å²) >= 11 is 1.29. The number of hydrogen-bond acceptors (Lipinski definition) is 6. The van der Waals surface area contributed by atoms with E-state index in [4.69, 9.17) is 4.42 Å². The van der Waals surface area contributed by atoms with Gasteiger partial charge in [0.1, 0.15) is 11.5 Å². The number of thioether (sulfide) groups is 1. The summed E-state index contributed by atoms with van der Waals surface area (Å²) in [5.41, 5.74) is 5.93. The normalized spacial score (nSPS) is 11.6. The van der Waals surface area contributed by atoms with Crippen LogP contribution in [0.5, 0.6) is 0 Å². The van der Waals surface area contributed by atoms with E-state index in [-0.39, 0.29) is 11.7 Å². The third-order valence-electron chi connectivity index (χ3n) is 3.07. The fourth-order valence-electron chi connectivity index (χ4n) is 2.12. The number of aryl methyl sites for hydroxylation is 4. The zero-order valence-corrected chi connectivity index (χ0v) is 14.7. The second-order valence-electron chi connectivity index (χ2n) is 5.28. The second-order valence-corrected chi connectivity index (χ2v) is 6.22. The van der Waals surface area contributed by atoms with Crippen molar-refractivity contribution >= 4 is 23.4 Å². The molecule has 1 amide bonds. The number of aromatic nitrogens is 2. The molecule has 7 heteroatoms. The molecule has 1 N–H and O–H groups in total. The van der Waals surface area contributed by atoms with Crippen molar-refractivity contribution < 1.29 is 9.21 Å². The standard InChI is InChI=1S/C16H20N4O2S/c1-9-6-10(2)18-16(17-9)23-8-15(21)20-19-12(4)14-7-11(3)22-13(14)5/h6-7H,8H2,1-5H3,(H,20,21)/b19-12+. The Balaban J connectivity index is 1.92. The molecule has 0 aliphatic carbocycles. The Morgan fingerprint density at radius 2 is 1.87 bits per heavy atom. The van der Waals surface area contributed by atoms with E-state index in [1.54, 1.807) is 0 Å². The molecule has 0 spiro atoms. The van der Waals surface area contributed by atoms with Crippen LogP contribution in [0.15, 0.2) is 26.8 Å². The van der Waals surface area contributed by atoms with E-state index in [0.717, 1.165) is 28.5 Å². The topological polar surface area (TPSA) is 80.4 Å². The van der Waals surface area contributed by atoms with Gasteiger partial charge in [-0.05, 0) is 46.8 Å². The predicted molar refractivity (Wildman–Crippen MR) is 90.8 cm³/mol. The fraction of sp³-hybridized carbons (Fsp3) is 0.375. The molecule has 0 fully saturated rings. The van der Waals surface area contributed by atoms with Gasteiger partial charge in [0, 0.05) is 17.0 Å². The number of nitrogens with zero attached hydrogens (tertiary/aromatic N) is 3. The van der Waals surface area contributed by atoms with E-state index in [2.05, 4.69) is 20.5 Å². The molecule has 0 saturated carbocycles. The van der Waals surface area contributed by atoms with Gasteiger partial charge in [-0.15, -0.1) is 0 Å². The molecular formula is C16H20N4O2S. The van der Waals surface area contributed by atoms with Crippen LogP contribution in [0, 0.1) is 27.7 Å². The Hall–Kier alpha value is -2.15. The van der Waals surface area contributed by atoms with Crippen LogP contribution in [0.2, 0.25) is 0 Å². The number of hydrogen-bond donors (Lipinski definition) is 1. The number of nitrogens with one attached hydrogen (secondary N) is 1. The molecule has 2 heterocycles. The van der Waals surface area contributed by atoms with Crippen molar-refractivity contribution in [1.82, 2.24) is 15.4 Å². The van der Waals surface area contributed by atoms with E-state index in [1.807, 2.05) is 46.8 Å². The minimum Gasteiger partial charge on any atom is -0.466 e. The largest absolute Gasteiger partial charge is 0.466 e. The zero-order valence-electron chi connectivity index (χ0n) is 13.9. The minimum absolute atomic E-state index is 0.199.